The van der Waals surface area contributed by atoms with Crippen LogP contribution in [0.5, 0.6) is 11.5 Å². The van der Waals surface area contributed by atoms with Crippen LogP contribution in [0.3, 0.4) is 0 Å². The van der Waals surface area contributed by atoms with Gasteiger partial charge in [0.2, 0.25) is 0 Å². The summed E-state index contributed by atoms with van der Waals surface area (Å²) in [5, 5.41) is 14.8. The van der Waals surface area contributed by atoms with Crippen LogP contribution in [0.2, 0.25) is 0 Å². The van der Waals surface area contributed by atoms with Crippen LogP contribution < -0.4 is 14.8 Å². The molecule has 0 amide bonds. The molecule has 0 bridgehead atoms. The third kappa shape index (κ3) is 9.09. The highest BCUT2D eigenvalue weighted by Crippen LogP contribution is 2.34. The standard InChI is InChI=1S/C27H33N2O5PS/c1-20(2)34-25-10-8-21(16-23(25)18-28)6-3-13-32-26-11-9-22(17-24(26)27-7-4-15-36-27)19-29-12-5-14-33-35(30)31/h4,7-11,15-17,20,29,35H,3,5-6,12-14,19H2,1-2H3,(H,30,31). The van der Waals surface area contributed by atoms with Gasteiger partial charge in [-0.2, -0.15) is 5.26 Å². The largest absolute Gasteiger partial charge is 0.493 e. The lowest BCUT2D eigenvalue weighted by atomic mass is 10.1. The fourth-order valence-electron chi connectivity index (χ4n) is 3.66. The van der Waals surface area contributed by atoms with E-state index in [1.807, 2.05) is 44.2 Å². The molecule has 1 heterocycles. The van der Waals surface area contributed by atoms with Crippen molar-refractivity contribution in [3.05, 3.63) is 70.6 Å². The summed E-state index contributed by atoms with van der Waals surface area (Å²) >= 11 is 1.67. The summed E-state index contributed by atoms with van der Waals surface area (Å²) in [5.74, 6) is 1.47. The lowest BCUT2D eigenvalue weighted by Gasteiger charge is -2.14. The molecule has 1 aromatic heterocycles. The van der Waals surface area contributed by atoms with E-state index >= 15 is 0 Å². The molecular weight excluding hydrogens is 495 g/mol. The maximum absolute atomic E-state index is 10.6. The zero-order valence-corrected chi connectivity index (χ0v) is 22.5. The summed E-state index contributed by atoms with van der Waals surface area (Å²) < 4.78 is 27.2. The molecule has 0 radical (unpaired) electrons. The van der Waals surface area contributed by atoms with Gasteiger partial charge in [0.1, 0.15) is 17.6 Å². The molecule has 36 heavy (non-hydrogen) atoms. The fraction of sp³-hybridized carbons (Fsp3) is 0.370. The van der Waals surface area contributed by atoms with E-state index in [1.54, 1.807) is 11.3 Å². The number of hydrogen-bond donors (Lipinski definition) is 2. The van der Waals surface area contributed by atoms with E-state index in [0.717, 1.165) is 40.2 Å². The Bertz CT molecular complexity index is 1160. The van der Waals surface area contributed by atoms with E-state index in [9.17, 15) is 9.83 Å². The topological polar surface area (TPSA) is 101 Å². The van der Waals surface area contributed by atoms with Crippen LogP contribution in [-0.4, -0.2) is 30.8 Å². The van der Waals surface area contributed by atoms with Crippen LogP contribution in [-0.2, 0) is 22.1 Å². The lowest BCUT2D eigenvalue weighted by molar-refractivity contribution is 0.241. The zero-order valence-electron chi connectivity index (χ0n) is 20.7. The first-order valence-electron chi connectivity index (χ1n) is 12.0. The smallest absolute Gasteiger partial charge is 0.316 e. The van der Waals surface area contributed by atoms with Gasteiger partial charge in [-0.1, -0.05) is 18.2 Å². The first kappa shape index (κ1) is 27.9. The number of aryl methyl sites for hydroxylation is 1. The first-order chi connectivity index (χ1) is 17.5. The monoisotopic (exact) mass is 528 g/mol. The van der Waals surface area contributed by atoms with Crippen LogP contribution in [0.1, 0.15) is 43.4 Å². The number of ether oxygens (including phenoxy) is 2. The van der Waals surface area contributed by atoms with E-state index in [0.29, 0.717) is 37.4 Å². The molecule has 0 saturated heterocycles. The maximum atomic E-state index is 10.6. The van der Waals surface area contributed by atoms with Crippen molar-refractivity contribution in [2.24, 2.45) is 0 Å². The number of rotatable bonds is 15. The van der Waals surface area contributed by atoms with Crippen LogP contribution in [0.4, 0.5) is 0 Å². The Labute approximate surface area is 217 Å². The number of thiophene rings is 1. The Balaban J connectivity index is 1.55. The van der Waals surface area contributed by atoms with Gasteiger partial charge in [0.15, 0.2) is 0 Å². The van der Waals surface area contributed by atoms with Crippen molar-refractivity contribution >= 4 is 19.6 Å². The zero-order chi connectivity index (χ0) is 25.8. The number of benzene rings is 2. The molecule has 2 aromatic carbocycles. The Morgan fingerprint density at radius 1 is 1.08 bits per heavy atom. The molecule has 0 aliphatic rings. The van der Waals surface area contributed by atoms with E-state index in [1.165, 1.54) is 0 Å². The minimum Gasteiger partial charge on any atom is -0.493 e. The quantitative estimate of drug-likeness (QED) is 0.185. The van der Waals surface area contributed by atoms with Crippen molar-refractivity contribution in [1.82, 2.24) is 5.32 Å². The molecule has 0 fully saturated rings. The Morgan fingerprint density at radius 2 is 1.89 bits per heavy atom. The average molecular weight is 529 g/mol. The third-order valence-corrected chi connectivity index (χ3v) is 6.63. The molecule has 2 N–H and O–H groups in total. The molecule has 192 valence electrons. The van der Waals surface area contributed by atoms with Crippen molar-refractivity contribution in [2.75, 3.05) is 19.8 Å². The second kappa shape index (κ2) is 14.8. The molecule has 3 rings (SSSR count). The summed E-state index contributed by atoms with van der Waals surface area (Å²) in [6.07, 6.45) is 2.32. The van der Waals surface area contributed by atoms with Gasteiger partial charge in [-0.05, 0) is 86.5 Å². The van der Waals surface area contributed by atoms with Crippen molar-refractivity contribution in [1.29, 1.82) is 5.26 Å². The Morgan fingerprint density at radius 3 is 2.61 bits per heavy atom. The minimum atomic E-state index is -2.85. The molecule has 9 heteroatoms. The summed E-state index contributed by atoms with van der Waals surface area (Å²) in [6.45, 7) is 6.10. The summed E-state index contributed by atoms with van der Waals surface area (Å²) in [5.41, 5.74) is 3.84. The van der Waals surface area contributed by atoms with Gasteiger partial charge in [0, 0.05) is 17.0 Å². The molecule has 0 saturated carbocycles. The van der Waals surface area contributed by atoms with E-state index in [4.69, 9.17) is 18.9 Å². The normalized spacial score (nSPS) is 11.9. The molecular formula is C27H33N2O5PS. The van der Waals surface area contributed by atoms with Crippen molar-refractivity contribution in [3.8, 4) is 28.0 Å². The Hall–Kier alpha value is -2.66. The van der Waals surface area contributed by atoms with Gasteiger partial charge >= 0.3 is 8.25 Å². The summed E-state index contributed by atoms with van der Waals surface area (Å²) in [7, 11) is -2.85. The van der Waals surface area contributed by atoms with Crippen LogP contribution in [0, 0.1) is 11.3 Å². The Kier molecular flexibility index (Phi) is 11.5. The maximum Gasteiger partial charge on any atom is 0.316 e. The molecule has 1 unspecified atom stereocenters. The summed E-state index contributed by atoms with van der Waals surface area (Å²) in [4.78, 5) is 9.85. The van der Waals surface area contributed by atoms with E-state index < -0.39 is 8.25 Å². The van der Waals surface area contributed by atoms with E-state index in [2.05, 4.69) is 35.0 Å². The minimum absolute atomic E-state index is 0.0243. The fourth-order valence-corrected chi connectivity index (χ4v) is 4.73. The number of nitrogens with zero attached hydrogens (tertiary/aromatic N) is 1. The predicted molar refractivity (Wildman–Crippen MR) is 144 cm³/mol. The molecule has 0 spiro atoms. The van der Waals surface area contributed by atoms with Gasteiger partial charge in [0.05, 0.1) is 24.9 Å². The van der Waals surface area contributed by atoms with Gasteiger partial charge in [-0.25, -0.2) is 0 Å². The van der Waals surface area contributed by atoms with Crippen molar-refractivity contribution in [2.45, 2.75) is 45.8 Å². The molecule has 1 atom stereocenters. The molecule has 3 aromatic rings. The highest BCUT2D eigenvalue weighted by molar-refractivity contribution is 7.32. The van der Waals surface area contributed by atoms with Crippen LogP contribution in [0.15, 0.2) is 53.9 Å². The number of nitriles is 1. The average Bonchev–Trinajstić information content (AvgIpc) is 3.39. The second-order valence-electron chi connectivity index (χ2n) is 8.51. The highest BCUT2D eigenvalue weighted by Gasteiger charge is 2.10. The van der Waals surface area contributed by atoms with Gasteiger partial charge in [0.25, 0.3) is 0 Å². The highest BCUT2D eigenvalue weighted by atomic mass is 32.1. The van der Waals surface area contributed by atoms with Crippen LogP contribution >= 0.6 is 19.6 Å². The van der Waals surface area contributed by atoms with Gasteiger partial charge in [-0.15, -0.1) is 11.3 Å². The third-order valence-electron chi connectivity index (χ3n) is 5.28. The molecule has 0 aliphatic carbocycles. The number of hydrogen-bond acceptors (Lipinski definition) is 7. The number of nitrogens with one attached hydrogen (secondary N) is 1. The van der Waals surface area contributed by atoms with Crippen LogP contribution in [0.25, 0.3) is 10.4 Å². The molecule has 7 nitrogen and oxygen atoms in total. The first-order valence-corrected chi connectivity index (χ1v) is 14.2. The second-order valence-corrected chi connectivity index (χ2v) is 10.3. The van der Waals surface area contributed by atoms with Crippen molar-refractivity contribution in [3.63, 3.8) is 0 Å². The van der Waals surface area contributed by atoms with Gasteiger partial charge in [-0.3, -0.25) is 4.57 Å². The molecule has 0 aliphatic heterocycles. The van der Waals surface area contributed by atoms with Gasteiger partial charge < -0.3 is 24.2 Å². The van der Waals surface area contributed by atoms with Crippen molar-refractivity contribution < 1.29 is 23.5 Å². The SMILES string of the molecule is CC(C)Oc1ccc(CCCOc2ccc(CNCCCO[PH](=O)O)cc2-c2cccs2)cc1C#N. The lowest BCUT2D eigenvalue weighted by Crippen LogP contribution is -2.16. The summed E-state index contributed by atoms with van der Waals surface area (Å²) in [6, 6.07) is 18.3. The predicted octanol–water partition coefficient (Wildman–Crippen LogP) is 5.96. The van der Waals surface area contributed by atoms with E-state index in [-0.39, 0.29) is 12.7 Å².